The monoisotopic (exact) mass is 173 g/mol. The highest BCUT2D eigenvalue weighted by Gasteiger charge is 2.16. The lowest BCUT2D eigenvalue weighted by atomic mass is 10.2. The summed E-state index contributed by atoms with van der Waals surface area (Å²) < 4.78 is 11.1. The maximum Gasteiger partial charge on any atom is 0.157 e. The van der Waals surface area contributed by atoms with E-state index in [4.69, 9.17) is 15.2 Å². The fourth-order valence-electron chi connectivity index (χ4n) is 1.38. The molecule has 0 aromatic heterocycles. The predicted molar refractivity (Wildman–Crippen MR) is 47.8 cm³/mol. The van der Waals surface area contributed by atoms with Gasteiger partial charge in [0.1, 0.15) is 0 Å². The Kier molecular flexibility index (Phi) is 4.58. The average molecular weight is 173 g/mol. The van der Waals surface area contributed by atoms with Gasteiger partial charge in [0, 0.05) is 6.61 Å². The Morgan fingerprint density at radius 1 is 1.58 bits per heavy atom. The molecular weight excluding hydrogens is 154 g/mol. The van der Waals surface area contributed by atoms with Crippen LogP contribution in [-0.4, -0.2) is 25.5 Å². The van der Waals surface area contributed by atoms with Crippen molar-refractivity contribution in [2.24, 2.45) is 5.73 Å². The van der Waals surface area contributed by atoms with Crippen LogP contribution in [0.1, 0.15) is 32.6 Å². The van der Waals surface area contributed by atoms with Gasteiger partial charge in [-0.3, -0.25) is 0 Å². The summed E-state index contributed by atoms with van der Waals surface area (Å²) in [6.45, 7) is 3.58. The van der Waals surface area contributed by atoms with Gasteiger partial charge >= 0.3 is 0 Å². The van der Waals surface area contributed by atoms with E-state index >= 15 is 0 Å². The molecule has 0 amide bonds. The minimum atomic E-state index is 0.0281. The van der Waals surface area contributed by atoms with Crippen LogP contribution >= 0.6 is 0 Å². The summed E-state index contributed by atoms with van der Waals surface area (Å²) in [6, 6.07) is 0. The Balaban J connectivity index is 2.11. The van der Waals surface area contributed by atoms with Crippen molar-refractivity contribution in [1.29, 1.82) is 0 Å². The summed E-state index contributed by atoms with van der Waals surface area (Å²) in [4.78, 5) is 0. The maximum atomic E-state index is 5.63. The van der Waals surface area contributed by atoms with Crippen molar-refractivity contribution in [3.63, 3.8) is 0 Å². The second kappa shape index (κ2) is 5.51. The second-order valence-electron chi connectivity index (χ2n) is 3.32. The second-order valence-corrected chi connectivity index (χ2v) is 3.32. The van der Waals surface area contributed by atoms with Gasteiger partial charge in [0.15, 0.2) is 6.29 Å². The highest BCUT2D eigenvalue weighted by molar-refractivity contribution is 4.57. The van der Waals surface area contributed by atoms with Crippen LogP contribution in [0.25, 0.3) is 0 Å². The first kappa shape index (κ1) is 9.96. The van der Waals surface area contributed by atoms with E-state index in [0.717, 1.165) is 19.4 Å². The zero-order valence-corrected chi connectivity index (χ0v) is 7.79. The van der Waals surface area contributed by atoms with E-state index in [0.29, 0.717) is 6.54 Å². The number of rotatable bonds is 4. The SMILES string of the molecule is C[C@H](CCN)O[C@H]1CCCCO1. The summed E-state index contributed by atoms with van der Waals surface area (Å²) >= 11 is 0. The Morgan fingerprint density at radius 2 is 2.42 bits per heavy atom. The topological polar surface area (TPSA) is 44.5 Å². The molecule has 72 valence electrons. The van der Waals surface area contributed by atoms with Crippen LogP contribution in [0, 0.1) is 0 Å². The van der Waals surface area contributed by atoms with Crippen LogP contribution in [0.3, 0.4) is 0 Å². The van der Waals surface area contributed by atoms with Crippen LogP contribution in [0.4, 0.5) is 0 Å². The Morgan fingerprint density at radius 3 is 3.00 bits per heavy atom. The Bertz CT molecular complexity index is 113. The van der Waals surface area contributed by atoms with Crippen molar-refractivity contribution >= 4 is 0 Å². The fraction of sp³-hybridized carbons (Fsp3) is 1.00. The lowest BCUT2D eigenvalue weighted by molar-refractivity contribution is -0.184. The van der Waals surface area contributed by atoms with Crippen LogP contribution in [0.2, 0.25) is 0 Å². The molecule has 0 radical (unpaired) electrons. The molecule has 0 unspecified atom stereocenters. The van der Waals surface area contributed by atoms with Gasteiger partial charge in [-0.05, 0) is 39.2 Å². The van der Waals surface area contributed by atoms with E-state index in [1.54, 1.807) is 0 Å². The van der Waals surface area contributed by atoms with E-state index in [2.05, 4.69) is 0 Å². The van der Waals surface area contributed by atoms with E-state index in [1.807, 2.05) is 6.92 Å². The summed E-state index contributed by atoms with van der Waals surface area (Å²) in [5.41, 5.74) is 5.41. The van der Waals surface area contributed by atoms with Crippen molar-refractivity contribution in [2.45, 2.75) is 45.0 Å². The number of hydrogen-bond donors (Lipinski definition) is 1. The molecule has 1 fully saturated rings. The molecule has 1 heterocycles. The molecule has 0 aromatic rings. The van der Waals surface area contributed by atoms with Crippen molar-refractivity contribution in [1.82, 2.24) is 0 Å². The molecular formula is C9H19NO2. The van der Waals surface area contributed by atoms with Crippen molar-refractivity contribution in [3.8, 4) is 0 Å². The third-order valence-electron chi connectivity index (χ3n) is 2.10. The van der Waals surface area contributed by atoms with Crippen LogP contribution in [0.15, 0.2) is 0 Å². The minimum absolute atomic E-state index is 0.0281. The number of hydrogen-bond acceptors (Lipinski definition) is 3. The molecule has 1 rings (SSSR count). The molecule has 2 atom stereocenters. The molecule has 0 bridgehead atoms. The summed E-state index contributed by atoms with van der Waals surface area (Å²) in [5.74, 6) is 0. The molecule has 1 saturated heterocycles. The van der Waals surface area contributed by atoms with Crippen LogP contribution < -0.4 is 5.73 Å². The standard InChI is InChI=1S/C9H19NO2/c1-8(5-6-10)12-9-4-2-3-7-11-9/h8-9H,2-7,10H2,1H3/t8-,9+/m1/s1. The lowest BCUT2D eigenvalue weighted by Crippen LogP contribution is -2.27. The first-order chi connectivity index (χ1) is 5.83. The van der Waals surface area contributed by atoms with Crippen LogP contribution in [-0.2, 0) is 9.47 Å². The van der Waals surface area contributed by atoms with Crippen LogP contribution in [0.5, 0.6) is 0 Å². The molecule has 12 heavy (non-hydrogen) atoms. The van der Waals surface area contributed by atoms with Gasteiger partial charge in [-0.2, -0.15) is 0 Å². The highest BCUT2D eigenvalue weighted by atomic mass is 16.7. The number of ether oxygens (including phenoxy) is 2. The van der Waals surface area contributed by atoms with E-state index < -0.39 is 0 Å². The molecule has 0 spiro atoms. The van der Waals surface area contributed by atoms with Crippen molar-refractivity contribution < 1.29 is 9.47 Å². The Hall–Kier alpha value is -0.120. The molecule has 3 nitrogen and oxygen atoms in total. The molecule has 0 saturated carbocycles. The van der Waals surface area contributed by atoms with Gasteiger partial charge in [0.05, 0.1) is 6.10 Å². The first-order valence-corrected chi connectivity index (χ1v) is 4.80. The normalized spacial score (nSPS) is 27.0. The van der Waals surface area contributed by atoms with Gasteiger partial charge in [-0.1, -0.05) is 0 Å². The molecule has 3 heteroatoms. The maximum absolute atomic E-state index is 5.63. The number of nitrogens with two attached hydrogens (primary N) is 1. The van der Waals surface area contributed by atoms with Crippen molar-refractivity contribution in [2.75, 3.05) is 13.2 Å². The third kappa shape index (κ3) is 3.52. The Labute approximate surface area is 74.2 Å². The fourth-order valence-corrected chi connectivity index (χ4v) is 1.38. The average Bonchev–Trinajstić information content (AvgIpc) is 2.06. The van der Waals surface area contributed by atoms with Gasteiger partial charge in [0.2, 0.25) is 0 Å². The molecule has 1 aliphatic heterocycles. The quantitative estimate of drug-likeness (QED) is 0.696. The first-order valence-electron chi connectivity index (χ1n) is 4.80. The lowest BCUT2D eigenvalue weighted by Gasteiger charge is -2.25. The molecule has 0 aliphatic carbocycles. The zero-order chi connectivity index (χ0) is 8.81. The minimum Gasteiger partial charge on any atom is -0.353 e. The van der Waals surface area contributed by atoms with E-state index in [-0.39, 0.29) is 12.4 Å². The van der Waals surface area contributed by atoms with Gasteiger partial charge in [-0.15, -0.1) is 0 Å². The summed E-state index contributed by atoms with van der Waals surface area (Å²) in [5, 5.41) is 0. The van der Waals surface area contributed by atoms with E-state index in [1.165, 1.54) is 12.8 Å². The molecule has 0 aromatic carbocycles. The van der Waals surface area contributed by atoms with Crippen molar-refractivity contribution in [3.05, 3.63) is 0 Å². The zero-order valence-electron chi connectivity index (χ0n) is 7.79. The summed E-state index contributed by atoms with van der Waals surface area (Å²) in [7, 11) is 0. The molecule has 1 aliphatic rings. The van der Waals surface area contributed by atoms with Gasteiger partial charge in [0.25, 0.3) is 0 Å². The molecule has 2 N–H and O–H groups in total. The summed E-state index contributed by atoms with van der Waals surface area (Å²) in [6.07, 6.45) is 4.61. The predicted octanol–water partition coefficient (Wildman–Crippen LogP) is 1.27. The van der Waals surface area contributed by atoms with Gasteiger partial charge < -0.3 is 15.2 Å². The van der Waals surface area contributed by atoms with Gasteiger partial charge in [-0.25, -0.2) is 0 Å². The smallest absolute Gasteiger partial charge is 0.157 e. The third-order valence-corrected chi connectivity index (χ3v) is 2.10. The highest BCUT2D eigenvalue weighted by Crippen LogP contribution is 2.15. The van der Waals surface area contributed by atoms with E-state index in [9.17, 15) is 0 Å². The largest absolute Gasteiger partial charge is 0.353 e.